The maximum absolute atomic E-state index is 16.8. The molecule has 14 heteroatoms. The van der Waals surface area contributed by atoms with Crippen molar-refractivity contribution in [3.63, 3.8) is 0 Å². The fraction of sp³-hybridized carbons (Fsp3) is 0.424. The second kappa shape index (κ2) is 13.0. The van der Waals surface area contributed by atoms with Crippen LogP contribution in [0.25, 0.3) is 32.2 Å². The van der Waals surface area contributed by atoms with Crippen molar-refractivity contribution >= 4 is 49.1 Å². The zero-order valence-electron chi connectivity index (χ0n) is 25.8. The summed E-state index contributed by atoms with van der Waals surface area (Å²) >= 11 is 1.27. The van der Waals surface area contributed by atoms with Crippen molar-refractivity contribution < 1.29 is 23.4 Å². The number of halogens is 1. The van der Waals surface area contributed by atoms with E-state index >= 15 is 4.39 Å². The molecule has 1 aromatic carbocycles. The number of hydrogen-bond donors (Lipinski definition) is 2. The number of nitrogens with one attached hydrogen (secondary N) is 1. The van der Waals surface area contributed by atoms with Crippen LogP contribution in [-0.2, 0) is 14.3 Å². The SMILES string of the molecule is C=CC(=O)N[C@@H]1COCCN(c2nc(OCC3(CN4CCOCC4)CC3)nc3c(F)c(-c4cccc5sc(N)c(C#N)c45)ncc23)C1. The minimum Gasteiger partial charge on any atom is -0.463 e. The number of nitrogens with zero attached hydrogens (tertiary/aromatic N) is 6. The van der Waals surface area contributed by atoms with Gasteiger partial charge in [-0.05, 0) is 25.0 Å². The minimum absolute atomic E-state index is 0.0174. The number of hydrogen-bond acceptors (Lipinski definition) is 12. The number of aromatic nitrogens is 3. The number of benzene rings is 1. The molecule has 3 aromatic heterocycles. The number of fused-ring (bicyclic) bond motifs is 2. The van der Waals surface area contributed by atoms with Gasteiger partial charge in [0, 0.05) is 60.0 Å². The molecule has 0 radical (unpaired) electrons. The van der Waals surface area contributed by atoms with Crippen LogP contribution in [0.4, 0.5) is 15.2 Å². The highest BCUT2D eigenvalue weighted by Gasteiger charge is 2.45. The number of ether oxygens (including phenoxy) is 3. The molecule has 0 spiro atoms. The summed E-state index contributed by atoms with van der Waals surface area (Å²) in [6, 6.07) is 7.23. The highest BCUT2D eigenvalue weighted by Crippen LogP contribution is 2.47. The number of pyridine rings is 1. The summed E-state index contributed by atoms with van der Waals surface area (Å²) in [6.45, 7) is 9.52. The fourth-order valence-corrected chi connectivity index (χ4v) is 7.26. The molecule has 47 heavy (non-hydrogen) atoms. The molecule has 0 unspecified atom stereocenters. The second-order valence-corrected chi connectivity index (χ2v) is 13.3. The van der Waals surface area contributed by atoms with Crippen molar-refractivity contribution in [2.24, 2.45) is 5.41 Å². The van der Waals surface area contributed by atoms with Gasteiger partial charge in [0.15, 0.2) is 5.82 Å². The maximum atomic E-state index is 16.8. The van der Waals surface area contributed by atoms with Crippen molar-refractivity contribution in [2.45, 2.75) is 18.9 Å². The molecule has 5 heterocycles. The van der Waals surface area contributed by atoms with Crippen molar-refractivity contribution in [3.8, 4) is 23.3 Å². The lowest BCUT2D eigenvalue weighted by molar-refractivity contribution is -0.117. The first-order chi connectivity index (χ1) is 22.9. The Labute approximate surface area is 274 Å². The molecular weight excluding hydrogens is 623 g/mol. The van der Waals surface area contributed by atoms with E-state index in [2.05, 4.69) is 32.8 Å². The van der Waals surface area contributed by atoms with Gasteiger partial charge >= 0.3 is 6.01 Å². The Morgan fingerprint density at radius 1 is 1.26 bits per heavy atom. The van der Waals surface area contributed by atoms with E-state index in [0.717, 1.165) is 50.4 Å². The smallest absolute Gasteiger partial charge is 0.319 e. The molecule has 3 aliphatic rings. The molecule has 1 saturated carbocycles. The first kappa shape index (κ1) is 31.2. The van der Waals surface area contributed by atoms with Gasteiger partial charge in [0.05, 0.1) is 50.0 Å². The number of nitriles is 1. The fourth-order valence-electron chi connectivity index (χ4n) is 6.32. The van der Waals surface area contributed by atoms with Crippen LogP contribution in [-0.4, -0.2) is 97.6 Å². The first-order valence-corrected chi connectivity index (χ1v) is 16.5. The number of nitrogens with two attached hydrogens (primary N) is 1. The third kappa shape index (κ3) is 6.31. The summed E-state index contributed by atoms with van der Waals surface area (Å²) in [5, 5.41) is 14.1. The van der Waals surface area contributed by atoms with E-state index in [1.807, 2.05) is 11.0 Å². The Morgan fingerprint density at radius 2 is 2.06 bits per heavy atom. The van der Waals surface area contributed by atoms with Gasteiger partial charge in [0.25, 0.3) is 0 Å². The van der Waals surface area contributed by atoms with E-state index in [4.69, 9.17) is 24.9 Å². The van der Waals surface area contributed by atoms with Crippen molar-refractivity contribution in [2.75, 3.05) is 76.4 Å². The van der Waals surface area contributed by atoms with Crippen LogP contribution in [0.1, 0.15) is 18.4 Å². The predicted octanol–water partition coefficient (Wildman–Crippen LogP) is 3.50. The highest BCUT2D eigenvalue weighted by molar-refractivity contribution is 7.23. The van der Waals surface area contributed by atoms with E-state index in [1.54, 1.807) is 18.3 Å². The Hall–Kier alpha value is -4.42. The normalized spacial score (nSPS) is 19.7. The zero-order chi connectivity index (χ0) is 32.5. The number of morpholine rings is 1. The molecule has 0 bridgehead atoms. The summed E-state index contributed by atoms with van der Waals surface area (Å²) in [5.74, 6) is -0.543. The van der Waals surface area contributed by atoms with Crippen LogP contribution in [0.15, 0.2) is 37.1 Å². The molecule has 2 saturated heterocycles. The molecule has 7 rings (SSSR count). The Bertz CT molecular complexity index is 1880. The van der Waals surface area contributed by atoms with Gasteiger partial charge in [0.2, 0.25) is 5.91 Å². The molecule has 1 amide bonds. The quantitative estimate of drug-likeness (QED) is 0.254. The summed E-state index contributed by atoms with van der Waals surface area (Å²) in [5.41, 5.74) is 6.97. The van der Waals surface area contributed by atoms with E-state index in [-0.39, 0.29) is 34.6 Å². The number of amides is 1. The summed E-state index contributed by atoms with van der Waals surface area (Å²) in [4.78, 5) is 30.5. The Balaban J connectivity index is 1.29. The lowest BCUT2D eigenvalue weighted by Gasteiger charge is -2.30. The second-order valence-electron chi connectivity index (χ2n) is 12.3. The molecule has 4 aromatic rings. The van der Waals surface area contributed by atoms with Crippen LogP contribution in [0.3, 0.4) is 0 Å². The first-order valence-electron chi connectivity index (χ1n) is 15.6. The molecule has 3 N–H and O–H groups in total. The number of carbonyl (C=O) groups is 1. The Kier molecular flexibility index (Phi) is 8.63. The zero-order valence-corrected chi connectivity index (χ0v) is 26.7. The average Bonchev–Trinajstić information content (AvgIpc) is 3.82. The van der Waals surface area contributed by atoms with Gasteiger partial charge in [-0.3, -0.25) is 14.7 Å². The van der Waals surface area contributed by atoms with Gasteiger partial charge in [0.1, 0.15) is 28.1 Å². The van der Waals surface area contributed by atoms with E-state index in [9.17, 15) is 10.1 Å². The number of thiophene rings is 1. The molecule has 2 aliphatic heterocycles. The summed E-state index contributed by atoms with van der Waals surface area (Å²) in [6.07, 6.45) is 4.82. The molecule has 244 valence electrons. The van der Waals surface area contributed by atoms with Crippen molar-refractivity contribution in [1.82, 2.24) is 25.2 Å². The number of carbonyl (C=O) groups excluding carboxylic acids is 1. The van der Waals surface area contributed by atoms with Gasteiger partial charge in [-0.1, -0.05) is 18.7 Å². The van der Waals surface area contributed by atoms with Crippen molar-refractivity contribution in [1.29, 1.82) is 5.26 Å². The average molecular weight is 659 g/mol. The Morgan fingerprint density at radius 3 is 2.83 bits per heavy atom. The lowest BCUT2D eigenvalue weighted by atomic mass is 10.0. The number of nitrogen functional groups attached to an aromatic ring is 1. The van der Waals surface area contributed by atoms with E-state index in [0.29, 0.717) is 65.6 Å². The van der Waals surface area contributed by atoms with E-state index < -0.39 is 5.82 Å². The standard InChI is InChI=1S/C33H35FN8O4S/c1-2-25(43)38-20-16-42(10-13-45-17-20)31-23-15-37-28(21-4-3-5-24-26(21)22(14-35)30(36)47-24)27(34)29(23)39-32(40-31)46-19-33(6-7-33)18-41-8-11-44-12-9-41/h2-5,15,20H,1,6-13,16-19,36H2,(H,38,43)/t20-/m0/s1. The van der Waals surface area contributed by atoms with Crippen LogP contribution < -0.4 is 20.7 Å². The van der Waals surface area contributed by atoms with Gasteiger partial charge in [-0.2, -0.15) is 15.2 Å². The van der Waals surface area contributed by atoms with E-state index in [1.165, 1.54) is 17.4 Å². The van der Waals surface area contributed by atoms with Gasteiger partial charge < -0.3 is 30.2 Å². The third-order valence-electron chi connectivity index (χ3n) is 8.98. The number of rotatable bonds is 9. The molecule has 3 fully saturated rings. The van der Waals surface area contributed by atoms with Crippen molar-refractivity contribution in [3.05, 3.63) is 48.4 Å². The molecule has 1 aliphatic carbocycles. The molecular formula is C33H35FN8O4S. The topological polar surface area (TPSA) is 152 Å². The largest absolute Gasteiger partial charge is 0.463 e. The van der Waals surface area contributed by atoms with Crippen LogP contribution in [0, 0.1) is 22.6 Å². The van der Waals surface area contributed by atoms with Gasteiger partial charge in [-0.15, -0.1) is 11.3 Å². The summed E-state index contributed by atoms with van der Waals surface area (Å²) in [7, 11) is 0. The van der Waals surface area contributed by atoms with Crippen LogP contribution in [0.2, 0.25) is 0 Å². The van der Waals surface area contributed by atoms with Gasteiger partial charge in [-0.25, -0.2) is 4.39 Å². The minimum atomic E-state index is -0.658. The lowest BCUT2D eigenvalue weighted by Crippen LogP contribution is -2.44. The number of anilines is 2. The maximum Gasteiger partial charge on any atom is 0.319 e. The predicted molar refractivity (Wildman–Crippen MR) is 177 cm³/mol. The molecule has 1 atom stereocenters. The summed E-state index contributed by atoms with van der Waals surface area (Å²) < 4.78 is 35.1. The monoisotopic (exact) mass is 658 g/mol. The third-order valence-corrected chi connectivity index (χ3v) is 9.96. The molecule has 12 nitrogen and oxygen atoms in total. The highest BCUT2D eigenvalue weighted by atomic mass is 32.1. The van der Waals surface area contributed by atoms with Crippen LogP contribution >= 0.6 is 11.3 Å². The van der Waals surface area contributed by atoms with Crippen LogP contribution in [0.5, 0.6) is 6.01 Å².